The minimum atomic E-state index is 0.630. The van der Waals surface area contributed by atoms with Crippen molar-refractivity contribution in [3.05, 3.63) is 41.4 Å². The van der Waals surface area contributed by atoms with Gasteiger partial charge in [-0.25, -0.2) is 4.98 Å². The van der Waals surface area contributed by atoms with Gasteiger partial charge < -0.3 is 14.6 Å². The average Bonchev–Trinajstić information content (AvgIpc) is 2.92. The first-order valence-corrected chi connectivity index (χ1v) is 7.78. The third-order valence-corrected chi connectivity index (χ3v) is 3.41. The minimum Gasteiger partial charge on any atom is -0.492 e. The van der Waals surface area contributed by atoms with Gasteiger partial charge in [-0.15, -0.1) is 0 Å². The number of rotatable bonds is 8. The van der Waals surface area contributed by atoms with E-state index in [0.29, 0.717) is 18.2 Å². The molecule has 4 nitrogen and oxygen atoms in total. The number of aromatic nitrogens is 2. The second-order valence-corrected chi connectivity index (χ2v) is 5.29. The van der Waals surface area contributed by atoms with Gasteiger partial charge in [0, 0.05) is 24.6 Å². The molecular weight excluding hydrogens is 286 g/mol. The lowest BCUT2D eigenvalue weighted by Gasteiger charge is -2.11. The summed E-state index contributed by atoms with van der Waals surface area (Å²) >= 11 is 6.22. The monoisotopic (exact) mass is 307 g/mol. The van der Waals surface area contributed by atoms with Gasteiger partial charge in [0.15, 0.2) is 0 Å². The Hall–Kier alpha value is -1.68. The molecule has 2 rings (SSSR count). The molecule has 1 aromatic carbocycles. The first-order chi connectivity index (χ1) is 10.2. The van der Waals surface area contributed by atoms with E-state index in [1.807, 2.05) is 30.6 Å². The molecule has 1 aromatic heterocycles. The molecule has 0 radical (unpaired) electrons. The predicted molar refractivity (Wildman–Crippen MR) is 87.1 cm³/mol. The molecule has 0 amide bonds. The van der Waals surface area contributed by atoms with E-state index in [1.54, 1.807) is 0 Å². The van der Waals surface area contributed by atoms with E-state index in [9.17, 15) is 0 Å². The van der Waals surface area contributed by atoms with Crippen molar-refractivity contribution >= 4 is 17.3 Å². The van der Waals surface area contributed by atoms with Gasteiger partial charge in [-0.1, -0.05) is 25.4 Å². The third kappa shape index (κ3) is 4.39. The second-order valence-electron chi connectivity index (χ2n) is 4.88. The van der Waals surface area contributed by atoms with Gasteiger partial charge in [0.05, 0.1) is 18.2 Å². The van der Waals surface area contributed by atoms with Crippen LogP contribution >= 0.6 is 11.6 Å². The highest BCUT2D eigenvalue weighted by Crippen LogP contribution is 2.28. The van der Waals surface area contributed by atoms with E-state index in [1.165, 1.54) is 0 Å². The Balaban J connectivity index is 1.97. The zero-order chi connectivity index (χ0) is 15.1. The first-order valence-electron chi connectivity index (χ1n) is 7.40. The summed E-state index contributed by atoms with van der Waals surface area (Å²) in [6, 6.07) is 5.77. The quantitative estimate of drug-likeness (QED) is 0.788. The van der Waals surface area contributed by atoms with Gasteiger partial charge in [0.1, 0.15) is 11.6 Å². The Morgan fingerprint density at radius 2 is 2.14 bits per heavy atom. The fourth-order valence-corrected chi connectivity index (χ4v) is 2.31. The fraction of sp³-hybridized carbons (Fsp3) is 0.438. The number of hydrogen-bond acceptors (Lipinski definition) is 3. The number of imidazole rings is 1. The highest BCUT2D eigenvalue weighted by atomic mass is 35.5. The Labute approximate surface area is 131 Å². The zero-order valence-electron chi connectivity index (χ0n) is 12.6. The van der Waals surface area contributed by atoms with Crippen LogP contribution in [0, 0.1) is 0 Å². The van der Waals surface area contributed by atoms with Crippen molar-refractivity contribution < 1.29 is 4.74 Å². The van der Waals surface area contributed by atoms with Crippen molar-refractivity contribution in [2.45, 2.75) is 39.8 Å². The summed E-state index contributed by atoms with van der Waals surface area (Å²) in [6.07, 6.45) is 5.91. The Morgan fingerprint density at radius 1 is 1.29 bits per heavy atom. The molecule has 5 heteroatoms. The summed E-state index contributed by atoms with van der Waals surface area (Å²) in [4.78, 5) is 4.37. The van der Waals surface area contributed by atoms with E-state index in [0.717, 1.165) is 36.6 Å². The molecule has 0 atom stereocenters. The maximum atomic E-state index is 6.22. The van der Waals surface area contributed by atoms with Gasteiger partial charge in [-0.2, -0.15) is 0 Å². The SMILES string of the molecule is CCCOc1ccc(NCc2nccn2CCC)cc1Cl. The fourth-order valence-electron chi connectivity index (χ4n) is 2.07. The maximum Gasteiger partial charge on any atom is 0.138 e. The largest absolute Gasteiger partial charge is 0.492 e. The summed E-state index contributed by atoms with van der Waals surface area (Å²) < 4.78 is 7.73. The smallest absolute Gasteiger partial charge is 0.138 e. The van der Waals surface area contributed by atoms with Crippen molar-refractivity contribution in [1.82, 2.24) is 9.55 Å². The van der Waals surface area contributed by atoms with Crippen LogP contribution in [0.1, 0.15) is 32.5 Å². The van der Waals surface area contributed by atoms with Gasteiger partial charge in [-0.05, 0) is 31.0 Å². The average molecular weight is 308 g/mol. The predicted octanol–water partition coefficient (Wildman–Crippen LogP) is 4.35. The van der Waals surface area contributed by atoms with Crippen LogP contribution in [0.3, 0.4) is 0 Å². The Bertz CT molecular complexity index is 568. The molecule has 0 saturated carbocycles. The highest BCUT2D eigenvalue weighted by Gasteiger charge is 2.05. The molecule has 0 unspecified atom stereocenters. The molecule has 21 heavy (non-hydrogen) atoms. The molecule has 0 aliphatic rings. The van der Waals surface area contributed by atoms with E-state index in [-0.39, 0.29) is 0 Å². The van der Waals surface area contributed by atoms with E-state index < -0.39 is 0 Å². The topological polar surface area (TPSA) is 39.1 Å². The van der Waals surface area contributed by atoms with Crippen LogP contribution in [0.4, 0.5) is 5.69 Å². The van der Waals surface area contributed by atoms with E-state index in [2.05, 4.69) is 28.7 Å². The number of ether oxygens (including phenoxy) is 1. The summed E-state index contributed by atoms with van der Waals surface area (Å²) in [6.45, 7) is 6.58. The van der Waals surface area contributed by atoms with E-state index in [4.69, 9.17) is 16.3 Å². The van der Waals surface area contributed by atoms with Crippen LogP contribution in [0.15, 0.2) is 30.6 Å². The number of nitrogens with zero attached hydrogens (tertiary/aromatic N) is 2. The van der Waals surface area contributed by atoms with Crippen molar-refractivity contribution in [3.8, 4) is 5.75 Å². The lowest BCUT2D eigenvalue weighted by Crippen LogP contribution is -2.08. The van der Waals surface area contributed by atoms with Crippen LogP contribution < -0.4 is 10.1 Å². The van der Waals surface area contributed by atoms with Crippen LogP contribution in [0.2, 0.25) is 5.02 Å². The first kappa shape index (κ1) is 15.7. The Morgan fingerprint density at radius 3 is 2.86 bits per heavy atom. The van der Waals surface area contributed by atoms with Crippen LogP contribution in [-0.4, -0.2) is 16.2 Å². The van der Waals surface area contributed by atoms with Gasteiger partial charge in [-0.3, -0.25) is 0 Å². The molecule has 0 aliphatic carbocycles. The van der Waals surface area contributed by atoms with Gasteiger partial charge in [0.2, 0.25) is 0 Å². The maximum absolute atomic E-state index is 6.22. The standard InChI is InChI=1S/C16H22ClN3O/c1-3-8-20-9-7-18-16(20)12-19-13-5-6-15(14(17)11-13)21-10-4-2/h5-7,9,11,19H,3-4,8,10,12H2,1-2H3. The van der Waals surface area contributed by atoms with Crippen molar-refractivity contribution in [1.29, 1.82) is 0 Å². The molecule has 1 heterocycles. The van der Waals surface area contributed by atoms with Crippen molar-refractivity contribution in [2.24, 2.45) is 0 Å². The molecular formula is C16H22ClN3O. The number of hydrogen-bond donors (Lipinski definition) is 1. The van der Waals surface area contributed by atoms with Crippen LogP contribution in [0.5, 0.6) is 5.75 Å². The van der Waals surface area contributed by atoms with Crippen molar-refractivity contribution in [3.63, 3.8) is 0 Å². The molecule has 0 saturated heterocycles. The number of anilines is 1. The number of benzene rings is 1. The number of aryl methyl sites for hydroxylation is 1. The summed E-state index contributed by atoms with van der Waals surface area (Å²) in [5.41, 5.74) is 0.967. The minimum absolute atomic E-state index is 0.630. The third-order valence-electron chi connectivity index (χ3n) is 3.11. The van der Waals surface area contributed by atoms with E-state index >= 15 is 0 Å². The Kier molecular flexibility index (Phi) is 5.93. The molecule has 0 aliphatic heterocycles. The highest BCUT2D eigenvalue weighted by molar-refractivity contribution is 6.32. The molecule has 0 bridgehead atoms. The normalized spacial score (nSPS) is 10.6. The molecule has 0 fully saturated rings. The molecule has 1 N–H and O–H groups in total. The zero-order valence-corrected chi connectivity index (χ0v) is 13.4. The number of nitrogens with one attached hydrogen (secondary N) is 1. The summed E-state index contributed by atoms with van der Waals surface area (Å²) in [5.74, 6) is 1.76. The van der Waals surface area contributed by atoms with Crippen LogP contribution in [-0.2, 0) is 13.1 Å². The number of halogens is 1. The summed E-state index contributed by atoms with van der Waals surface area (Å²) in [7, 11) is 0. The molecule has 114 valence electrons. The molecule has 0 spiro atoms. The van der Waals surface area contributed by atoms with Gasteiger partial charge >= 0.3 is 0 Å². The lowest BCUT2D eigenvalue weighted by atomic mass is 10.3. The second kappa shape index (κ2) is 7.93. The summed E-state index contributed by atoms with van der Waals surface area (Å²) in [5, 5.41) is 3.98. The molecule has 2 aromatic rings. The lowest BCUT2D eigenvalue weighted by molar-refractivity contribution is 0.317. The van der Waals surface area contributed by atoms with Gasteiger partial charge in [0.25, 0.3) is 0 Å². The van der Waals surface area contributed by atoms with Crippen LogP contribution in [0.25, 0.3) is 0 Å². The van der Waals surface area contributed by atoms with Crippen molar-refractivity contribution in [2.75, 3.05) is 11.9 Å².